The molecule has 1 aromatic rings. The summed E-state index contributed by atoms with van der Waals surface area (Å²) in [6.07, 6.45) is 10.7. The third kappa shape index (κ3) is 10.2. The van der Waals surface area contributed by atoms with Crippen LogP contribution in [0.3, 0.4) is 0 Å². The van der Waals surface area contributed by atoms with E-state index in [0.717, 1.165) is 0 Å². The smallest absolute Gasteiger partial charge is 0.358 e. The van der Waals surface area contributed by atoms with Crippen molar-refractivity contribution in [3.63, 3.8) is 0 Å². The van der Waals surface area contributed by atoms with Crippen molar-refractivity contribution in [3.8, 4) is 0 Å². The summed E-state index contributed by atoms with van der Waals surface area (Å²) in [7, 11) is 0. The second-order valence-corrected chi connectivity index (χ2v) is 4.54. The van der Waals surface area contributed by atoms with Crippen molar-refractivity contribution in [2.24, 2.45) is 0 Å². The van der Waals surface area contributed by atoms with E-state index >= 15 is 0 Å². The maximum Gasteiger partial charge on any atom is 3.00 e. The molecule has 0 heterocycles. The first-order chi connectivity index (χ1) is 7.36. The summed E-state index contributed by atoms with van der Waals surface area (Å²) in [6, 6.07) is 7.04. The SMILES string of the molecule is CCCCCc1cc[c-](CCCCC)c1.[CH3-].[CH3-].[Zr+3]. The predicted molar refractivity (Wildman–Crippen MR) is 81.3 cm³/mol. The molecule has 1 rings (SSSR count). The molecule has 0 aliphatic carbocycles. The maximum atomic E-state index is 2.41. The third-order valence-corrected chi connectivity index (χ3v) is 3.02. The fraction of sp³-hybridized carbons (Fsp3) is 0.588. The van der Waals surface area contributed by atoms with Gasteiger partial charge in [-0.05, 0) is 0 Å². The molecule has 0 nitrogen and oxygen atoms in total. The van der Waals surface area contributed by atoms with E-state index in [1.165, 1.54) is 51.4 Å². The van der Waals surface area contributed by atoms with Crippen LogP contribution in [0.2, 0.25) is 0 Å². The molecule has 0 aromatic heterocycles. The van der Waals surface area contributed by atoms with Gasteiger partial charge in [-0.1, -0.05) is 65.2 Å². The van der Waals surface area contributed by atoms with E-state index in [4.69, 9.17) is 0 Å². The van der Waals surface area contributed by atoms with Crippen LogP contribution in [0.4, 0.5) is 0 Å². The molecule has 1 radical (unpaired) electrons. The van der Waals surface area contributed by atoms with Gasteiger partial charge in [0.1, 0.15) is 0 Å². The molecule has 0 bridgehead atoms. The Morgan fingerprint density at radius 2 is 1.56 bits per heavy atom. The molecule has 0 N–H and O–H groups in total. The van der Waals surface area contributed by atoms with Gasteiger partial charge in [0.25, 0.3) is 0 Å². The van der Waals surface area contributed by atoms with Gasteiger partial charge in [-0.15, -0.1) is 0 Å². The van der Waals surface area contributed by atoms with Gasteiger partial charge in [0.05, 0.1) is 0 Å². The first-order valence-electron chi connectivity index (χ1n) is 6.61. The average Bonchev–Trinajstić information content (AvgIpc) is 2.67. The largest absolute Gasteiger partial charge is 3.00 e. The zero-order valence-corrected chi connectivity index (χ0v) is 15.3. The van der Waals surface area contributed by atoms with Gasteiger partial charge in [-0.3, -0.25) is 0 Å². The molecule has 0 aliphatic rings. The van der Waals surface area contributed by atoms with Crippen LogP contribution in [0.1, 0.15) is 63.5 Å². The van der Waals surface area contributed by atoms with Gasteiger partial charge in [-0.25, -0.2) is 6.07 Å². The maximum absolute atomic E-state index is 2.41. The molecule has 0 atom stereocenters. The molecule has 0 saturated heterocycles. The molecule has 0 unspecified atom stereocenters. The summed E-state index contributed by atoms with van der Waals surface area (Å²) in [5, 5.41) is 0. The summed E-state index contributed by atoms with van der Waals surface area (Å²) >= 11 is 0. The minimum atomic E-state index is 0. The van der Waals surface area contributed by atoms with Crippen LogP contribution in [0, 0.1) is 14.9 Å². The third-order valence-electron chi connectivity index (χ3n) is 3.02. The van der Waals surface area contributed by atoms with Gasteiger partial charge >= 0.3 is 26.2 Å². The monoisotopic (exact) mass is 325 g/mol. The Morgan fingerprint density at radius 1 is 0.944 bits per heavy atom. The Morgan fingerprint density at radius 3 is 2.17 bits per heavy atom. The van der Waals surface area contributed by atoms with Crippen molar-refractivity contribution in [2.75, 3.05) is 0 Å². The van der Waals surface area contributed by atoms with Crippen molar-refractivity contribution in [1.82, 2.24) is 0 Å². The van der Waals surface area contributed by atoms with Crippen LogP contribution in [0.5, 0.6) is 0 Å². The van der Waals surface area contributed by atoms with Gasteiger partial charge in [-0.2, -0.15) is 23.3 Å². The van der Waals surface area contributed by atoms with Crippen LogP contribution in [-0.4, -0.2) is 0 Å². The quantitative estimate of drug-likeness (QED) is 0.420. The first kappa shape index (κ1) is 23.3. The molecule has 0 amide bonds. The van der Waals surface area contributed by atoms with E-state index in [-0.39, 0.29) is 41.1 Å². The Balaban J connectivity index is -0.000000750. The van der Waals surface area contributed by atoms with E-state index < -0.39 is 0 Å². The van der Waals surface area contributed by atoms with E-state index in [1.807, 2.05) is 0 Å². The molecule has 0 fully saturated rings. The summed E-state index contributed by atoms with van der Waals surface area (Å²) < 4.78 is 0. The molecule has 0 spiro atoms. The van der Waals surface area contributed by atoms with Gasteiger partial charge < -0.3 is 14.9 Å². The molecule has 1 aromatic carbocycles. The normalized spacial score (nSPS) is 9.00. The van der Waals surface area contributed by atoms with E-state index in [9.17, 15) is 0 Å². The van der Waals surface area contributed by atoms with Crippen molar-refractivity contribution < 1.29 is 26.2 Å². The van der Waals surface area contributed by atoms with Crippen LogP contribution in [0.25, 0.3) is 0 Å². The predicted octanol–water partition coefficient (Wildman–Crippen LogP) is 5.77. The van der Waals surface area contributed by atoms with Crippen LogP contribution in [-0.2, 0) is 39.0 Å². The second-order valence-electron chi connectivity index (χ2n) is 4.54. The minimum Gasteiger partial charge on any atom is -0.358 e. The van der Waals surface area contributed by atoms with Crippen molar-refractivity contribution in [3.05, 3.63) is 44.2 Å². The molecular weight excluding hydrogens is 295 g/mol. The number of rotatable bonds is 8. The van der Waals surface area contributed by atoms with E-state index in [0.29, 0.717) is 0 Å². The van der Waals surface area contributed by atoms with Crippen molar-refractivity contribution in [2.45, 2.75) is 65.2 Å². The Kier molecular flexibility index (Phi) is 19.8. The number of hydrogen-bond donors (Lipinski definition) is 0. The first-order valence-corrected chi connectivity index (χ1v) is 6.61. The number of aryl methyl sites for hydroxylation is 2. The Bertz CT molecular complexity index is 225. The zero-order chi connectivity index (χ0) is 10.9. The molecule has 18 heavy (non-hydrogen) atoms. The Labute approximate surface area is 135 Å². The molecule has 0 aliphatic heterocycles. The fourth-order valence-electron chi connectivity index (χ4n) is 2.02. The summed E-state index contributed by atoms with van der Waals surface area (Å²) in [4.78, 5) is 0. The second kappa shape index (κ2) is 15.3. The topological polar surface area (TPSA) is 0 Å². The van der Waals surface area contributed by atoms with Gasteiger partial charge in [0.15, 0.2) is 0 Å². The number of hydrogen-bond acceptors (Lipinski definition) is 0. The van der Waals surface area contributed by atoms with Gasteiger partial charge in [0, 0.05) is 0 Å². The molecular formula is C17H31Zr. The number of unbranched alkanes of at least 4 members (excludes halogenated alkanes) is 4. The van der Waals surface area contributed by atoms with Crippen LogP contribution >= 0.6 is 0 Å². The van der Waals surface area contributed by atoms with E-state index in [2.05, 4.69) is 32.0 Å². The van der Waals surface area contributed by atoms with Crippen molar-refractivity contribution in [1.29, 1.82) is 0 Å². The Hall–Kier alpha value is 0.233. The average molecular weight is 327 g/mol. The summed E-state index contributed by atoms with van der Waals surface area (Å²) in [5.74, 6) is 0. The molecule has 1 heteroatoms. The summed E-state index contributed by atoms with van der Waals surface area (Å²) in [6.45, 7) is 4.53. The van der Waals surface area contributed by atoms with Crippen LogP contribution in [0.15, 0.2) is 18.2 Å². The molecule has 0 saturated carbocycles. The minimum absolute atomic E-state index is 0. The summed E-state index contributed by atoms with van der Waals surface area (Å²) in [5.41, 5.74) is 3.10. The van der Waals surface area contributed by atoms with E-state index in [1.54, 1.807) is 11.1 Å². The zero-order valence-electron chi connectivity index (χ0n) is 12.9. The van der Waals surface area contributed by atoms with Crippen molar-refractivity contribution >= 4 is 0 Å². The van der Waals surface area contributed by atoms with Crippen LogP contribution < -0.4 is 0 Å². The molecule has 103 valence electrons. The van der Waals surface area contributed by atoms with Gasteiger partial charge in [0.2, 0.25) is 0 Å². The standard InChI is InChI=1S/C15H25.2CH3.Zr/c1-3-5-7-9-14-11-12-15(13-14)10-8-6-4-2;;;/h11-13H,3-10H2,1-2H3;2*1H3;/q3*-1;+3. The fourth-order valence-corrected chi connectivity index (χ4v) is 2.02.